The summed E-state index contributed by atoms with van der Waals surface area (Å²) >= 11 is 0. The van der Waals surface area contributed by atoms with Gasteiger partial charge in [0.2, 0.25) is 0 Å². The molecule has 3 unspecified atom stereocenters. The van der Waals surface area contributed by atoms with Crippen molar-refractivity contribution in [3.8, 4) is 0 Å². The Balaban J connectivity index is 1.50. The van der Waals surface area contributed by atoms with E-state index in [4.69, 9.17) is 4.74 Å². The molecule has 3 atom stereocenters. The summed E-state index contributed by atoms with van der Waals surface area (Å²) in [6, 6.07) is 0. The molecule has 3 fully saturated rings. The van der Waals surface area contributed by atoms with Crippen LogP contribution in [0, 0.1) is 5.92 Å². The Morgan fingerprint density at radius 2 is 1.93 bits per heavy atom. The molecular weight excluding hydrogens is 188 g/mol. The summed E-state index contributed by atoms with van der Waals surface area (Å²) in [5, 5.41) is 3.50. The number of piperidine rings is 1. The molecule has 86 valence electrons. The first-order valence-electron chi connectivity index (χ1n) is 6.48. The predicted octanol–water partition coefficient (Wildman–Crippen LogP) is 0.849. The summed E-state index contributed by atoms with van der Waals surface area (Å²) in [5.41, 5.74) is 0. The van der Waals surface area contributed by atoms with E-state index in [2.05, 4.69) is 10.2 Å². The molecule has 3 aliphatic heterocycles. The van der Waals surface area contributed by atoms with Gasteiger partial charge in [0.25, 0.3) is 0 Å². The highest BCUT2D eigenvalue weighted by Gasteiger charge is 2.34. The van der Waals surface area contributed by atoms with Crippen molar-refractivity contribution in [2.45, 2.75) is 37.9 Å². The highest BCUT2D eigenvalue weighted by Crippen LogP contribution is 2.27. The van der Waals surface area contributed by atoms with Gasteiger partial charge in [-0.05, 0) is 44.7 Å². The quantitative estimate of drug-likeness (QED) is 0.731. The first kappa shape index (κ1) is 10.1. The molecular formula is C12H22N2O. The number of rotatable bonds is 2. The summed E-state index contributed by atoms with van der Waals surface area (Å²) in [4.78, 5) is 2.64. The summed E-state index contributed by atoms with van der Waals surface area (Å²) in [7, 11) is 0. The van der Waals surface area contributed by atoms with Crippen molar-refractivity contribution in [2.24, 2.45) is 5.92 Å². The molecule has 0 aromatic rings. The third-order valence-electron chi connectivity index (χ3n) is 4.03. The highest BCUT2D eigenvalue weighted by molar-refractivity contribution is 4.86. The second kappa shape index (κ2) is 4.40. The van der Waals surface area contributed by atoms with E-state index in [1.807, 2.05) is 0 Å². The van der Waals surface area contributed by atoms with Crippen molar-refractivity contribution in [3.63, 3.8) is 0 Å². The van der Waals surface area contributed by atoms with Gasteiger partial charge < -0.3 is 10.1 Å². The number of nitrogens with one attached hydrogen (secondary N) is 1. The number of nitrogens with zero attached hydrogens (tertiary/aromatic N) is 1. The second-order valence-corrected chi connectivity index (χ2v) is 5.39. The Hall–Kier alpha value is -0.120. The average molecular weight is 210 g/mol. The Kier molecular flexibility index (Phi) is 2.95. The van der Waals surface area contributed by atoms with E-state index in [1.54, 1.807) is 0 Å². The lowest BCUT2D eigenvalue weighted by atomic mass is 9.99. The molecule has 3 rings (SSSR count). The average Bonchev–Trinajstić information content (AvgIpc) is 2.60. The lowest BCUT2D eigenvalue weighted by Gasteiger charge is -2.35. The minimum Gasteiger partial charge on any atom is -0.372 e. The van der Waals surface area contributed by atoms with Crippen LogP contribution < -0.4 is 5.32 Å². The molecule has 0 radical (unpaired) electrons. The molecule has 0 amide bonds. The van der Waals surface area contributed by atoms with Crippen molar-refractivity contribution in [1.29, 1.82) is 0 Å². The van der Waals surface area contributed by atoms with Gasteiger partial charge in [0.05, 0.1) is 12.2 Å². The van der Waals surface area contributed by atoms with Crippen molar-refractivity contribution in [1.82, 2.24) is 10.2 Å². The van der Waals surface area contributed by atoms with Crippen LogP contribution in [0.1, 0.15) is 25.7 Å². The number of likely N-dealkylation sites (tertiary alicyclic amines) is 1. The molecule has 0 saturated carbocycles. The normalized spacial score (nSPS) is 42.0. The van der Waals surface area contributed by atoms with Crippen LogP contribution in [0.4, 0.5) is 0 Å². The first-order chi connectivity index (χ1) is 7.40. The SMILES string of the molecule is C1CNCC(CN2CC3CCC(C2)O3)C1. The molecule has 0 aliphatic carbocycles. The van der Waals surface area contributed by atoms with Crippen LogP contribution >= 0.6 is 0 Å². The Bertz CT molecular complexity index is 204. The zero-order valence-electron chi connectivity index (χ0n) is 9.45. The molecule has 0 aromatic carbocycles. The molecule has 1 N–H and O–H groups in total. The van der Waals surface area contributed by atoms with Crippen LogP contribution in [0.5, 0.6) is 0 Å². The maximum atomic E-state index is 5.86. The van der Waals surface area contributed by atoms with Crippen LogP contribution in [-0.4, -0.2) is 49.8 Å². The lowest BCUT2D eigenvalue weighted by Crippen LogP contribution is -2.46. The maximum absolute atomic E-state index is 5.86. The third kappa shape index (κ3) is 2.35. The van der Waals surface area contributed by atoms with E-state index in [-0.39, 0.29) is 0 Å². The number of hydrogen-bond acceptors (Lipinski definition) is 3. The molecule has 3 heteroatoms. The van der Waals surface area contributed by atoms with E-state index >= 15 is 0 Å². The zero-order chi connectivity index (χ0) is 10.1. The van der Waals surface area contributed by atoms with Crippen molar-refractivity contribution < 1.29 is 4.74 Å². The summed E-state index contributed by atoms with van der Waals surface area (Å²) in [5.74, 6) is 0.885. The van der Waals surface area contributed by atoms with Gasteiger partial charge in [-0.1, -0.05) is 0 Å². The summed E-state index contributed by atoms with van der Waals surface area (Å²) in [6.45, 7) is 6.13. The minimum atomic E-state index is 0.556. The monoisotopic (exact) mass is 210 g/mol. The molecule has 3 aliphatic rings. The van der Waals surface area contributed by atoms with Gasteiger partial charge in [0, 0.05) is 19.6 Å². The van der Waals surface area contributed by atoms with Crippen molar-refractivity contribution >= 4 is 0 Å². The van der Waals surface area contributed by atoms with E-state index in [9.17, 15) is 0 Å². The van der Waals surface area contributed by atoms with Gasteiger partial charge in [0.1, 0.15) is 0 Å². The molecule has 0 aromatic heterocycles. The van der Waals surface area contributed by atoms with E-state index in [1.165, 1.54) is 58.4 Å². The first-order valence-corrected chi connectivity index (χ1v) is 6.48. The molecule has 0 spiro atoms. The zero-order valence-corrected chi connectivity index (χ0v) is 9.45. The van der Waals surface area contributed by atoms with Gasteiger partial charge in [-0.15, -0.1) is 0 Å². The Morgan fingerprint density at radius 3 is 2.60 bits per heavy atom. The summed E-state index contributed by atoms with van der Waals surface area (Å²) < 4.78 is 5.86. The smallest absolute Gasteiger partial charge is 0.0707 e. The van der Waals surface area contributed by atoms with Gasteiger partial charge in [-0.2, -0.15) is 0 Å². The Morgan fingerprint density at radius 1 is 1.13 bits per heavy atom. The van der Waals surface area contributed by atoms with Gasteiger partial charge >= 0.3 is 0 Å². The van der Waals surface area contributed by atoms with Gasteiger partial charge in [-0.25, -0.2) is 0 Å². The molecule has 3 heterocycles. The number of morpholine rings is 1. The van der Waals surface area contributed by atoms with Crippen LogP contribution in [0.15, 0.2) is 0 Å². The highest BCUT2D eigenvalue weighted by atomic mass is 16.5. The van der Waals surface area contributed by atoms with Gasteiger partial charge in [-0.3, -0.25) is 4.90 Å². The largest absolute Gasteiger partial charge is 0.372 e. The molecule has 3 saturated heterocycles. The Labute approximate surface area is 92.2 Å². The topological polar surface area (TPSA) is 24.5 Å². The minimum absolute atomic E-state index is 0.556. The van der Waals surface area contributed by atoms with Crippen molar-refractivity contribution in [2.75, 3.05) is 32.7 Å². The fraction of sp³-hybridized carbons (Fsp3) is 1.00. The van der Waals surface area contributed by atoms with E-state index in [0.717, 1.165) is 5.92 Å². The van der Waals surface area contributed by atoms with E-state index < -0.39 is 0 Å². The molecule has 15 heavy (non-hydrogen) atoms. The fourth-order valence-electron chi connectivity index (χ4n) is 3.29. The summed E-state index contributed by atoms with van der Waals surface area (Å²) in [6.07, 6.45) is 6.48. The van der Waals surface area contributed by atoms with Gasteiger partial charge in [0.15, 0.2) is 0 Å². The second-order valence-electron chi connectivity index (χ2n) is 5.39. The lowest BCUT2D eigenvalue weighted by molar-refractivity contribution is -0.0432. The number of ether oxygens (including phenoxy) is 1. The van der Waals surface area contributed by atoms with E-state index in [0.29, 0.717) is 12.2 Å². The fourth-order valence-corrected chi connectivity index (χ4v) is 3.29. The number of hydrogen-bond donors (Lipinski definition) is 1. The maximum Gasteiger partial charge on any atom is 0.0707 e. The standard InChI is InChI=1S/C12H22N2O/c1-2-10(6-13-5-1)7-14-8-11-3-4-12(9-14)15-11/h10-13H,1-9H2. The van der Waals surface area contributed by atoms with Crippen LogP contribution in [-0.2, 0) is 4.74 Å². The van der Waals surface area contributed by atoms with Crippen LogP contribution in [0.3, 0.4) is 0 Å². The third-order valence-corrected chi connectivity index (χ3v) is 4.03. The molecule has 2 bridgehead atoms. The molecule has 3 nitrogen and oxygen atoms in total. The number of fused-ring (bicyclic) bond motifs is 2. The van der Waals surface area contributed by atoms with Crippen molar-refractivity contribution in [3.05, 3.63) is 0 Å². The van der Waals surface area contributed by atoms with Crippen LogP contribution in [0.2, 0.25) is 0 Å². The predicted molar refractivity (Wildman–Crippen MR) is 59.9 cm³/mol. The van der Waals surface area contributed by atoms with Crippen LogP contribution in [0.25, 0.3) is 0 Å².